The predicted octanol–water partition coefficient (Wildman–Crippen LogP) is 5.12. The molecule has 2 N–H and O–H groups in total. The minimum absolute atomic E-state index is 0.0125. The maximum atomic E-state index is 12.7. The number of hydrogen-bond acceptors (Lipinski definition) is 4. The number of amides is 1. The zero-order chi connectivity index (χ0) is 22.3. The van der Waals surface area contributed by atoms with E-state index in [0.717, 1.165) is 33.4 Å². The summed E-state index contributed by atoms with van der Waals surface area (Å²) in [4.78, 5) is 29.0. The Balaban J connectivity index is 1.36. The van der Waals surface area contributed by atoms with Gasteiger partial charge in [-0.1, -0.05) is 39.0 Å². The first kappa shape index (κ1) is 20.4. The number of H-pyrrole nitrogens is 1. The van der Waals surface area contributed by atoms with Crippen LogP contribution in [-0.4, -0.2) is 25.8 Å². The Morgan fingerprint density at radius 1 is 1.09 bits per heavy atom. The molecule has 0 saturated heterocycles. The lowest BCUT2D eigenvalue weighted by Gasteiger charge is -2.18. The van der Waals surface area contributed by atoms with Gasteiger partial charge in [0.25, 0.3) is 5.91 Å². The van der Waals surface area contributed by atoms with E-state index in [1.54, 1.807) is 18.6 Å². The topological polar surface area (TPSA) is 83.6 Å². The molecule has 1 saturated carbocycles. The van der Waals surface area contributed by atoms with Gasteiger partial charge in [0.2, 0.25) is 0 Å². The monoisotopic (exact) mass is 425 g/mol. The van der Waals surface area contributed by atoms with Crippen LogP contribution in [0.25, 0.3) is 22.3 Å². The Hall–Kier alpha value is -3.54. The minimum Gasteiger partial charge on any atom is -0.347 e. The summed E-state index contributed by atoms with van der Waals surface area (Å²) in [7, 11) is 0. The van der Waals surface area contributed by atoms with Crippen molar-refractivity contribution < 1.29 is 4.79 Å². The summed E-state index contributed by atoms with van der Waals surface area (Å²) in [5.41, 5.74) is 6.85. The third-order valence-corrected chi connectivity index (χ3v) is 6.09. The first-order valence-corrected chi connectivity index (χ1v) is 11.1. The van der Waals surface area contributed by atoms with Gasteiger partial charge in [-0.05, 0) is 59.1 Å². The summed E-state index contributed by atoms with van der Waals surface area (Å²) in [6.07, 6.45) is 7.64. The molecular weight excluding hydrogens is 398 g/mol. The van der Waals surface area contributed by atoms with E-state index >= 15 is 0 Å². The van der Waals surface area contributed by atoms with E-state index in [-0.39, 0.29) is 11.3 Å². The number of benzene rings is 1. The summed E-state index contributed by atoms with van der Waals surface area (Å²) in [6, 6.07) is 12.2. The number of carbonyl (C=O) groups excluding carboxylic acids is 1. The molecule has 3 aromatic heterocycles. The van der Waals surface area contributed by atoms with E-state index in [9.17, 15) is 4.79 Å². The molecule has 1 amide bonds. The van der Waals surface area contributed by atoms with Crippen molar-refractivity contribution in [3.8, 4) is 11.3 Å². The smallest absolute Gasteiger partial charge is 0.270 e. The van der Waals surface area contributed by atoms with Gasteiger partial charge >= 0.3 is 0 Å². The zero-order valence-electron chi connectivity index (χ0n) is 18.6. The molecule has 0 aliphatic heterocycles. The zero-order valence-corrected chi connectivity index (χ0v) is 18.6. The van der Waals surface area contributed by atoms with Gasteiger partial charge in [0.15, 0.2) is 0 Å². The third-order valence-electron chi connectivity index (χ3n) is 6.09. The van der Waals surface area contributed by atoms with Crippen molar-refractivity contribution in [2.24, 2.45) is 0 Å². The number of fused-ring (bicyclic) bond motifs is 1. The number of pyridine rings is 1. The number of nitrogens with zero attached hydrogens (tertiary/aromatic N) is 3. The average molecular weight is 426 g/mol. The maximum absolute atomic E-state index is 12.7. The molecule has 0 bridgehead atoms. The van der Waals surface area contributed by atoms with E-state index in [1.807, 2.05) is 18.3 Å². The van der Waals surface area contributed by atoms with Crippen LogP contribution < -0.4 is 5.32 Å². The minimum atomic E-state index is -0.152. The Bertz CT molecular complexity index is 1280. The van der Waals surface area contributed by atoms with Crippen molar-refractivity contribution in [1.82, 2.24) is 25.3 Å². The molecule has 1 fully saturated rings. The molecule has 1 aliphatic carbocycles. The largest absolute Gasteiger partial charge is 0.347 e. The second kappa shape index (κ2) is 7.86. The first-order valence-electron chi connectivity index (χ1n) is 11.1. The number of hydrogen-bond donors (Lipinski definition) is 2. The van der Waals surface area contributed by atoms with Gasteiger partial charge in [-0.2, -0.15) is 0 Å². The van der Waals surface area contributed by atoms with Gasteiger partial charge in [-0.3, -0.25) is 9.78 Å². The molecule has 6 heteroatoms. The standard InChI is InChI=1S/C26H27N5O/c1-26(2,3)19-8-9-22(28-14-19)25(32)29-13-18-7-6-17(12-21(18)16-4-5-16)23-20-10-11-27-24(20)31-15-30-23/h6-12,14-16H,4-5,13H2,1-3H3,(H,29,32)(H,27,30,31). The van der Waals surface area contributed by atoms with Gasteiger partial charge in [0.1, 0.15) is 17.7 Å². The number of carbonyl (C=O) groups is 1. The molecule has 1 aliphatic rings. The van der Waals surface area contributed by atoms with Crippen LogP contribution in [0.3, 0.4) is 0 Å². The fourth-order valence-electron chi connectivity index (χ4n) is 4.02. The van der Waals surface area contributed by atoms with Crippen LogP contribution in [0.2, 0.25) is 0 Å². The summed E-state index contributed by atoms with van der Waals surface area (Å²) in [5.74, 6) is 0.399. The van der Waals surface area contributed by atoms with Gasteiger partial charge in [0.05, 0.1) is 5.69 Å². The lowest BCUT2D eigenvalue weighted by molar-refractivity contribution is 0.0945. The highest BCUT2D eigenvalue weighted by Gasteiger charge is 2.27. The maximum Gasteiger partial charge on any atom is 0.270 e. The van der Waals surface area contributed by atoms with Crippen LogP contribution in [0.5, 0.6) is 0 Å². The highest BCUT2D eigenvalue weighted by atomic mass is 16.1. The summed E-state index contributed by atoms with van der Waals surface area (Å²) >= 11 is 0. The van der Waals surface area contributed by atoms with Crippen molar-refractivity contribution in [3.63, 3.8) is 0 Å². The number of aromatic nitrogens is 4. The second-order valence-corrected chi connectivity index (χ2v) is 9.51. The third kappa shape index (κ3) is 4.00. The van der Waals surface area contributed by atoms with Crippen molar-refractivity contribution in [2.75, 3.05) is 0 Å². The highest BCUT2D eigenvalue weighted by molar-refractivity contribution is 5.92. The molecule has 0 unspecified atom stereocenters. The number of aromatic amines is 1. The number of nitrogens with one attached hydrogen (secondary N) is 2. The molecule has 162 valence electrons. The Morgan fingerprint density at radius 2 is 1.94 bits per heavy atom. The van der Waals surface area contributed by atoms with Gasteiger partial charge in [-0.25, -0.2) is 9.97 Å². The Morgan fingerprint density at radius 3 is 2.66 bits per heavy atom. The Kier molecular flexibility index (Phi) is 5.00. The van der Waals surface area contributed by atoms with Crippen LogP contribution >= 0.6 is 0 Å². The van der Waals surface area contributed by atoms with Crippen LogP contribution in [0.4, 0.5) is 0 Å². The molecule has 0 radical (unpaired) electrons. The van der Waals surface area contributed by atoms with Crippen LogP contribution in [0.15, 0.2) is 55.1 Å². The highest BCUT2D eigenvalue weighted by Crippen LogP contribution is 2.43. The van der Waals surface area contributed by atoms with Crippen molar-refractivity contribution in [1.29, 1.82) is 0 Å². The lowest BCUT2D eigenvalue weighted by atomic mass is 9.88. The van der Waals surface area contributed by atoms with Crippen LogP contribution in [-0.2, 0) is 12.0 Å². The van der Waals surface area contributed by atoms with Crippen molar-refractivity contribution in [3.05, 3.63) is 77.5 Å². The number of rotatable bonds is 5. The van der Waals surface area contributed by atoms with Crippen molar-refractivity contribution >= 4 is 16.9 Å². The fraction of sp³-hybridized carbons (Fsp3) is 0.308. The van der Waals surface area contributed by atoms with E-state index in [0.29, 0.717) is 18.2 Å². The van der Waals surface area contributed by atoms with Crippen LogP contribution in [0.1, 0.15) is 66.7 Å². The summed E-state index contributed by atoms with van der Waals surface area (Å²) in [5, 5.41) is 4.06. The van der Waals surface area contributed by atoms with E-state index in [1.165, 1.54) is 18.4 Å². The Labute approximate surface area is 187 Å². The molecule has 3 heterocycles. The van der Waals surface area contributed by atoms with E-state index in [4.69, 9.17) is 0 Å². The molecule has 0 atom stereocenters. The fourth-order valence-corrected chi connectivity index (χ4v) is 4.02. The second-order valence-electron chi connectivity index (χ2n) is 9.51. The van der Waals surface area contributed by atoms with Gasteiger partial charge < -0.3 is 10.3 Å². The molecule has 0 spiro atoms. The molecule has 4 aromatic rings. The van der Waals surface area contributed by atoms with Gasteiger partial charge in [0, 0.05) is 29.9 Å². The SMILES string of the molecule is CC(C)(C)c1ccc(C(=O)NCc2ccc(-c3ncnc4[nH]ccc34)cc2C2CC2)nc1. The summed E-state index contributed by atoms with van der Waals surface area (Å²) < 4.78 is 0. The van der Waals surface area contributed by atoms with Crippen LogP contribution in [0, 0.1) is 0 Å². The van der Waals surface area contributed by atoms with E-state index < -0.39 is 0 Å². The van der Waals surface area contributed by atoms with Crippen molar-refractivity contribution in [2.45, 2.75) is 51.5 Å². The first-order chi connectivity index (χ1) is 15.4. The molecule has 6 nitrogen and oxygen atoms in total. The molecule has 1 aromatic carbocycles. The normalized spacial score (nSPS) is 14.0. The predicted molar refractivity (Wildman–Crippen MR) is 125 cm³/mol. The summed E-state index contributed by atoms with van der Waals surface area (Å²) in [6.45, 7) is 6.89. The average Bonchev–Trinajstić information content (AvgIpc) is 3.52. The van der Waals surface area contributed by atoms with E-state index in [2.05, 4.69) is 64.2 Å². The molecule has 5 rings (SSSR count). The van der Waals surface area contributed by atoms with Gasteiger partial charge in [-0.15, -0.1) is 0 Å². The lowest BCUT2D eigenvalue weighted by Crippen LogP contribution is -2.24. The molecule has 32 heavy (non-hydrogen) atoms. The molecular formula is C26H27N5O. The quantitative estimate of drug-likeness (QED) is 0.465.